The lowest BCUT2D eigenvalue weighted by atomic mass is 10.2. The van der Waals surface area contributed by atoms with E-state index in [0.717, 1.165) is 19.3 Å². The number of nitrogens with zero attached hydrogens (tertiary/aromatic N) is 3. The summed E-state index contributed by atoms with van der Waals surface area (Å²) in [6.07, 6.45) is 2.89. The molecular weight excluding hydrogens is 138 g/mol. The molecule has 0 fully saturated rings. The van der Waals surface area contributed by atoms with Crippen LogP contribution in [-0.2, 0) is 0 Å². The van der Waals surface area contributed by atoms with Crippen molar-refractivity contribution in [2.24, 2.45) is 5.11 Å². The highest BCUT2D eigenvalue weighted by Gasteiger charge is 1.97. The van der Waals surface area contributed by atoms with Crippen LogP contribution in [0.15, 0.2) is 5.11 Å². The van der Waals surface area contributed by atoms with Crippen LogP contribution in [0.5, 0.6) is 0 Å². The molecule has 0 aromatic heterocycles. The van der Waals surface area contributed by atoms with Gasteiger partial charge in [-0.1, -0.05) is 24.9 Å². The summed E-state index contributed by atoms with van der Waals surface area (Å²) in [5.74, 6) is 0. The smallest absolute Gasteiger partial charge is 0.112 e. The van der Waals surface area contributed by atoms with Crippen molar-refractivity contribution in [1.82, 2.24) is 0 Å². The summed E-state index contributed by atoms with van der Waals surface area (Å²) in [6.45, 7) is 2.07. The third-order valence-corrected chi connectivity index (χ3v) is 1.28. The summed E-state index contributed by atoms with van der Waals surface area (Å²) < 4.78 is 0. The van der Waals surface area contributed by atoms with Crippen LogP contribution in [0.4, 0.5) is 0 Å². The van der Waals surface area contributed by atoms with E-state index >= 15 is 0 Å². The summed E-state index contributed by atoms with van der Waals surface area (Å²) in [6, 6.07) is 0. The van der Waals surface area contributed by atoms with Gasteiger partial charge in [-0.15, -0.1) is 11.6 Å². The van der Waals surface area contributed by atoms with Crippen LogP contribution in [0, 0.1) is 0 Å². The minimum Gasteiger partial charge on any atom is -0.117 e. The first-order valence-corrected chi connectivity index (χ1v) is 3.43. The molecule has 9 heavy (non-hydrogen) atoms. The number of rotatable bonds is 4. The van der Waals surface area contributed by atoms with Gasteiger partial charge in [-0.05, 0) is 12.0 Å². The number of hydrogen-bond donors (Lipinski definition) is 0. The highest BCUT2D eigenvalue weighted by atomic mass is 35.5. The van der Waals surface area contributed by atoms with Gasteiger partial charge >= 0.3 is 0 Å². The molecule has 0 spiro atoms. The van der Waals surface area contributed by atoms with E-state index in [9.17, 15) is 0 Å². The van der Waals surface area contributed by atoms with Crippen LogP contribution < -0.4 is 0 Å². The zero-order chi connectivity index (χ0) is 7.11. The average molecular weight is 148 g/mol. The number of alkyl halides is 1. The van der Waals surface area contributed by atoms with Crippen molar-refractivity contribution in [2.45, 2.75) is 31.7 Å². The molecule has 0 rings (SSSR count). The van der Waals surface area contributed by atoms with E-state index in [1.807, 2.05) is 0 Å². The van der Waals surface area contributed by atoms with Gasteiger partial charge in [0.1, 0.15) is 5.50 Å². The Hall–Kier alpha value is -0.400. The lowest BCUT2D eigenvalue weighted by Gasteiger charge is -1.97. The normalized spacial score (nSPS) is 12.2. The van der Waals surface area contributed by atoms with Crippen LogP contribution in [0.3, 0.4) is 0 Å². The zero-order valence-electron chi connectivity index (χ0n) is 5.42. The molecule has 4 heteroatoms. The Bertz CT molecular complexity index is 109. The van der Waals surface area contributed by atoms with E-state index in [2.05, 4.69) is 16.9 Å². The predicted octanol–water partition coefficient (Wildman–Crippen LogP) is 3.05. The first kappa shape index (κ1) is 8.60. The maximum Gasteiger partial charge on any atom is 0.112 e. The summed E-state index contributed by atoms with van der Waals surface area (Å²) in [5, 5.41) is 3.31. The summed E-state index contributed by atoms with van der Waals surface area (Å²) in [5.41, 5.74) is 7.56. The van der Waals surface area contributed by atoms with Crippen molar-refractivity contribution in [3.63, 3.8) is 0 Å². The van der Waals surface area contributed by atoms with E-state index in [1.165, 1.54) is 0 Å². The molecule has 0 N–H and O–H groups in total. The quantitative estimate of drug-likeness (QED) is 0.193. The van der Waals surface area contributed by atoms with Crippen molar-refractivity contribution in [3.05, 3.63) is 10.4 Å². The molecule has 3 nitrogen and oxygen atoms in total. The molecule has 0 aliphatic carbocycles. The summed E-state index contributed by atoms with van der Waals surface area (Å²) in [7, 11) is 0. The minimum atomic E-state index is -0.352. The highest BCUT2D eigenvalue weighted by molar-refractivity contribution is 6.20. The Morgan fingerprint density at radius 1 is 1.78 bits per heavy atom. The average Bonchev–Trinajstić information content (AvgIpc) is 1.85. The Morgan fingerprint density at radius 3 is 2.89 bits per heavy atom. The molecule has 0 aromatic carbocycles. The van der Waals surface area contributed by atoms with Gasteiger partial charge in [0.2, 0.25) is 0 Å². The van der Waals surface area contributed by atoms with Gasteiger partial charge in [-0.3, -0.25) is 0 Å². The van der Waals surface area contributed by atoms with Gasteiger partial charge in [0.05, 0.1) is 0 Å². The molecule has 1 atom stereocenters. The summed E-state index contributed by atoms with van der Waals surface area (Å²) in [4.78, 5) is 2.58. The highest BCUT2D eigenvalue weighted by Crippen LogP contribution is 2.07. The fourth-order valence-corrected chi connectivity index (χ4v) is 0.680. The molecule has 0 heterocycles. The second-order valence-corrected chi connectivity index (χ2v) is 2.29. The standard InChI is InChI=1S/C5H10ClN3/c1-2-3-4-5(6)8-9-7/h5H,2-4H2,1H3. The van der Waals surface area contributed by atoms with E-state index < -0.39 is 0 Å². The van der Waals surface area contributed by atoms with Crippen LogP contribution in [-0.4, -0.2) is 5.50 Å². The lowest BCUT2D eigenvalue weighted by Crippen LogP contribution is -1.89. The van der Waals surface area contributed by atoms with E-state index in [-0.39, 0.29) is 5.50 Å². The Labute approximate surface area is 59.6 Å². The molecule has 52 valence electrons. The van der Waals surface area contributed by atoms with Gasteiger partial charge in [-0.2, -0.15) is 0 Å². The van der Waals surface area contributed by atoms with Gasteiger partial charge in [0, 0.05) is 4.91 Å². The minimum absolute atomic E-state index is 0.352. The fraction of sp³-hybridized carbons (Fsp3) is 1.00. The largest absolute Gasteiger partial charge is 0.117 e. The lowest BCUT2D eigenvalue weighted by molar-refractivity contribution is 0.690. The van der Waals surface area contributed by atoms with Crippen molar-refractivity contribution >= 4 is 11.6 Å². The van der Waals surface area contributed by atoms with Crippen LogP contribution in [0.25, 0.3) is 10.4 Å². The Morgan fingerprint density at radius 2 is 2.44 bits per heavy atom. The molecule has 1 unspecified atom stereocenters. The van der Waals surface area contributed by atoms with Crippen LogP contribution >= 0.6 is 11.6 Å². The first-order valence-electron chi connectivity index (χ1n) is 2.99. The number of hydrogen-bond acceptors (Lipinski definition) is 1. The third kappa shape index (κ3) is 5.47. The van der Waals surface area contributed by atoms with Crippen molar-refractivity contribution < 1.29 is 0 Å². The molecule has 0 saturated carbocycles. The van der Waals surface area contributed by atoms with Crippen molar-refractivity contribution in [1.29, 1.82) is 0 Å². The third-order valence-electron chi connectivity index (χ3n) is 0.973. The second-order valence-electron chi connectivity index (χ2n) is 1.78. The van der Waals surface area contributed by atoms with Crippen LogP contribution in [0.1, 0.15) is 26.2 Å². The fourth-order valence-electron chi connectivity index (χ4n) is 0.486. The number of halogens is 1. The predicted molar refractivity (Wildman–Crippen MR) is 38.3 cm³/mol. The van der Waals surface area contributed by atoms with Crippen LogP contribution in [0.2, 0.25) is 0 Å². The van der Waals surface area contributed by atoms with Gasteiger partial charge < -0.3 is 0 Å². The van der Waals surface area contributed by atoms with E-state index in [1.54, 1.807) is 0 Å². The maximum absolute atomic E-state index is 7.91. The molecule has 0 amide bonds. The monoisotopic (exact) mass is 147 g/mol. The molecule has 0 bridgehead atoms. The van der Waals surface area contributed by atoms with Crippen molar-refractivity contribution in [3.8, 4) is 0 Å². The molecule has 0 aliphatic rings. The van der Waals surface area contributed by atoms with Crippen molar-refractivity contribution in [2.75, 3.05) is 0 Å². The topological polar surface area (TPSA) is 48.8 Å². The molecular formula is C5H10ClN3. The molecule has 0 radical (unpaired) electrons. The van der Waals surface area contributed by atoms with E-state index in [4.69, 9.17) is 17.1 Å². The Kier molecular flexibility index (Phi) is 5.48. The van der Waals surface area contributed by atoms with Gasteiger partial charge in [-0.25, -0.2) is 0 Å². The maximum atomic E-state index is 7.91. The second kappa shape index (κ2) is 5.73. The zero-order valence-corrected chi connectivity index (χ0v) is 6.17. The molecule has 0 saturated heterocycles. The SMILES string of the molecule is CCCCC(Cl)N=[N+]=[N-]. The number of azide groups is 1. The molecule has 0 aromatic rings. The number of unbranched alkanes of at least 4 members (excludes halogenated alkanes) is 1. The van der Waals surface area contributed by atoms with Gasteiger partial charge in [0.15, 0.2) is 0 Å². The Balaban J connectivity index is 3.26. The summed E-state index contributed by atoms with van der Waals surface area (Å²) >= 11 is 5.54. The van der Waals surface area contributed by atoms with E-state index in [0.29, 0.717) is 0 Å². The van der Waals surface area contributed by atoms with Gasteiger partial charge in [0.25, 0.3) is 0 Å². The first-order chi connectivity index (χ1) is 4.31. The molecule has 0 aliphatic heterocycles.